The molecule has 4 aliphatic carbocycles. The van der Waals surface area contributed by atoms with Gasteiger partial charge < -0.3 is 29.3 Å². The molecule has 2 aromatic rings. The second kappa shape index (κ2) is 5.30. The summed E-state index contributed by atoms with van der Waals surface area (Å²) in [5.74, 6) is 2.01. The number of likely N-dealkylation sites (tertiary alicyclic amines) is 1. The van der Waals surface area contributed by atoms with Gasteiger partial charge in [0, 0.05) is 35.3 Å². The van der Waals surface area contributed by atoms with Gasteiger partial charge in [-0.05, 0) is 63.0 Å². The molecule has 2 N–H and O–H groups in total. The quantitative estimate of drug-likeness (QED) is 0.727. The van der Waals surface area contributed by atoms with E-state index in [0.717, 1.165) is 54.9 Å². The SMILES string of the molecule is COc1ccc2c3c1OC1C4(OC)CCC5(c6c(O)ccc(O)c64)C(C2)N(C)CCC315. The normalized spacial score (nSPS) is 38.4. The lowest BCUT2D eigenvalue weighted by molar-refractivity contribution is -0.206. The van der Waals surface area contributed by atoms with Crippen LogP contribution in [-0.4, -0.2) is 55.1 Å². The van der Waals surface area contributed by atoms with Gasteiger partial charge >= 0.3 is 0 Å². The van der Waals surface area contributed by atoms with Crippen molar-refractivity contribution in [1.82, 2.24) is 4.90 Å². The smallest absolute Gasteiger partial charge is 0.166 e. The van der Waals surface area contributed by atoms with Crippen LogP contribution in [0.15, 0.2) is 24.3 Å². The van der Waals surface area contributed by atoms with Crippen molar-refractivity contribution < 1.29 is 24.4 Å². The Morgan fingerprint density at radius 2 is 1.74 bits per heavy atom. The van der Waals surface area contributed by atoms with Crippen LogP contribution in [0.25, 0.3) is 0 Å². The molecule has 2 aliphatic heterocycles. The maximum Gasteiger partial charge on any atom is 0.166 e. The Morgan fingerprint density at radius 3 is 2.48 bits per heavy atom. The van der Waals surface area contributed by atoms with Crippen molar-refractivity contribution >= 4 is 0 Å². The largest absolute Gasteiger partial charge is 0.508 e. The van der Waals surface area contributed by atoms with E-state index in [1.807, 2.05) is 6.07 Å². The summed E-state index contributed by atoms with van der Waals surface area (Å²) in [6.45, 7) is 0.955. The number of piperidine rings is 1. The third-order valence-corrected chi connectivity index (χ3v) is 9.44. The number of benzene rings is 2. The van der Waals surface area contributed by atoms with Crippen LogP contribution in [0.4, 0.5) is 0 Å². The number of hydrogen-bond donors (Lipinski definition) is 2. The molecule has 4 bridgehead atoms. The van der Waals surface area contributed by atoms with Crippen LogP contribution in [0, 0.1) is 0 Å². The standard InChI is InChI=1S/C25H27NO5/c1-26-11-10-24-18-13-4-7-16(29-2)21(18)31-22(24)25(30-3)9-8-23(24,17(26)12-13)19-14(27)5-6-15(28)20(19)25/h4-7,17,22,27-28H,8-12H2,1-3H3. The molecule has 6 aliphatic rings. The number of fused-ring (bicyclic) bond motifs is 1. The Morgan fingerprint density at radius 1 is 0.968 bits per heavy atom. The van der Waals surface area contributed by atoms with Crippen molar-refractivity contribution in [3.8, 4) is 23.0 Å². The summed E-state index contributed by atoms with van der Waals surface area (Å²) in [4.78, 5) is 2.45. The molecule has 8 rings (SSSR count). The van der Waals surface area contributed by atoms with Crippen LogP contribution in [0.1, 0.15) is 41.5 Å². The molecule has 0 aromatic heterocycles. The average molecular weight is 421 g/mol. The van der Waals surface area contributed by atoms with Crippen molar-refractivity contribution in [2.75, 3.05) is 27.8 Å². The molecule has 162 valence electrons. The van der Waals surface area contributed by atoms with Gasteiger partial charge in [-0.1, -0.05) is 6.07 Å². The fourth-order valence-corrected chi connectivity index (χ4v) is 8.49. The lowest BCUT2D eigenvalue weighted by Crippen LogP contribution is -2.79. The van der Waals surface area contributed by atoms with Gasteiger partial charge in [0.1, 0.15) is 23.2 Å². The fraction of sp³-hybridized carbons (Fsp3) is 0.520. The van der Waals surface area contributed by atoms with E-state index in [1.165, 1.54) is 11.1 Å². The van der Waals surface area contributed by atoms with Crippen LogP contribution in [-0.2, 0) is 27.6 Å². The van der Waals surface area contributed by atoms with Gasteiger partial charge in [-0.15, -0.1) is 0 Å². The number of rotatable bonds is 2. The highest BCUT2D eigenvalue weighted by atomic mass is 16.6. The molecule has 2 spiro atoms. The molecule has 1 saturated heterocycles. The molecule has 6 nitrogen and oxygen atoms in total. The average Bonchev–Trinajstić information content (AvgIpc) is 3.15. The summed E-state index contributed by atoms with van der Waals surface area (Å²) in [7, 11) is 5.59. The van der Waals surface area contributed by atoms with E-state index < -0.39 is 5.60 Å². The molecule has 5 unspecified atom stereocenters. The Hall–Kier alpha value is -2.44. The van der Waals surface area contributed by atoms with E-state index in [-0.39, 0.29) is 34.5 Å². The highest BCUT2D eigenvalue weighted by molar-refractivity contribution is 5.72. The van der Waals surface area contributed by atoms with Crippen molar-refractivity contribution in [3.63, 3.8) is 0 Å². The summed E-state index contributed by atoms with van der Waals surface area (Å²) in [6.07, 6.45) is 3.15. The third-order valence-electron chi connectivity index (χ3n) is 9.44. The predicted molar refractivity (Wildman–Crippen MR) is 113 cm³/mol. The Kier molecular flexibility index (Phi) is 3.11. The predicted octanol–water partition coefficient (Wildman–Crippen LogP) is 2.95. The molecular weight excluding hydrogens is 394 g/mol. The molecule has 2 aromatic carbocycles. The molecule has 0 radical (unpaired) electrons. The topological polar surface area (TPSA) is 71.4 Å². The zero-order valence-corrected chi connectivity index (χ0v) is 18.1. The first-order valence-electron chi connectivity index (χ1n) is 11.1. The zero-order valence-electron chi connectivity index (χ0n) is 18.1. The molecular formula is C25H27NO5. The highest BCUT2D eigenvalue weighted by Crippen LogP contribution is 2.77. The summed E-state index contributed by atoms with van der Waals surface area (Å²) in [6, 6.07) is 7.65. The molecule has 5 atom stereocenters. The first kappa shape index (κ1) is 18.2. The van der Waals surface area contributed by atoms with Crippen molar-refractivity contribution in [2.24, 2.45) is 0 Å². The molecule has 2 fully saturated rings. The number of likely N-dealkylation sites (N-methyl/N-ethyl adjacent to an activating group) is 1. The van der Waals surface area contributed by atoms with Gasteiger partial charge in [-0.3, -0.25) is 0 Å². The van der Waals surface area contributed by atoms with E-state index in [4.69, 9.17) is 14.2 Å². The Bertz CT molecular complexity index is 1160. The van der Waals surface area contributed by atoms with Gasteiger partial charge in [-0.25, -0.2) is 0 Å². The lowest BCUT2D eigenvalue weighted by Gasteiger charge is -2.71. The third kappa shape index (κ3) is 1.59. The van der Waals surface area contributed by atoms with E-state index in [9.17, 15) is 10.2 Å². The summed E-state index contributed by atoms with van der Waals surface area (Å²) in [5, 5.41) is 22.4. The second-order valence-corrected chi connectivity index (χ2v) is 9.97. The minimum Gasteiger partial charge on any atom is -0.508 e. The van der Waals surface area contributed by atoms with E-state index >= 15 is 0 Å². The van der Waals surface area contributed by atoms with Crippen molar-refractivity contribution in [1.29, 1.82) is 0 Å². The minimum absolute atomic E-state index is 0.182. The number of methoxy groups -OCH3 is 2. The van der Waals surface area contributed by atoms with Gasteiger partial charge in [0.15, 0.2) is 11.5 Å². The maximum atomic E-state index is 11.3. The highest BCUT2D eigenvalue weighted by Gasteiger charge is 2.81. The lowest BCUT2D eigenvalue weighted by atomic mass is 9.35. The van der Waals surface area contributed by atoms with E-state index in [1.54, 1.807) is 26.4 Å². The minimum atomic E-state index is -0.820. The van der Waals surface area contributed by atoms with E-state index in [0.29, 0.717) is 0 Å². The first-order valence-corrected chi connectivity index (χ1v) is 11.1. The number of nitrogens with zero attached hydrogens (tertiary/aromatic N) is 1. The zero-order chi connectivity index (χ0) is 21.3. The van der Waals surface area contributed by atoms with Crippen LogP contribution in [0.3, 0.4) is 0 Å². The fourth-order valence-electron chi connectivity index (χ4n) is 8.49. The van der Waals surface area contributed by atoms with Crippen LogP contribution in [0.5, 0.6) is 23.0 Å². The molecule has 2 heterocycles. The number of hydrogen-bond acceptors (Lipinski definition) is 6. The first-order chi connectivity index (χ1) is 15.0. The molecule has 6 heteroatoms. The van der Waals surface area contributed by atoms with Gasteiger partial charge in [0.2, 0.25) is 0 Å². The summed E-state index contributed by atoms with van der Waals surface area (Å²) in [5.41, 5.74) is 2.65. The Labute approximate surface area is 181 Å². The van der Waals surface area contributed by atoms with Crippen LogP contribution < -0.4 is 9.47 Å². The Balaban J connectivity index is 1.69. The molecule has 0 amide bonds. The number of phenols is 2. The number of aromatic hydroxyl groups is 2. The second-order valence-electron chi connectivity index (χ2n) is 9.97. The summed E-state index contributed by atoms with van der Waals surface area (Å²) < 4.78 is 18.9. The number of ether oxygens (including phenoxy) is 3. The van der Waals surface area contributed by atoms with Crippen molar-refractivity contribution in [2.45, 2.75) is 54.3 Å². The van der Waals surface area contributed by atoms with Crippen LogP contribution >= 0.6 is 0 Å². The number of phenolic OH excluding ortho intramolecular Hbond substituents is 2. The monoisotopic (exact) mass is 421 g/mol. The summed E-state index contributed by atoms with van der Waals surface area (Å²) >= 11 is 0. The molecule has 1 saturated carbocycles. The molecule has 31 heavy (non-hydrogen) atoms. The van der Waals surface area contributed by atoms with Crippen molar-refractivity contribution in [3.05, 3.63) is 46.5 Å². The maximum absolute atomic E-state index is 11.3. The van der Waals surface area contributed by atoms with Gasteiger partial charge in [-0.2, -0.15) is 0 Å². The van der Waals surface area contributed by atoms with Gasteiger partial charge in [0.25, 0.3) is 0 Å². The van der Waals surface area contributed by atoms with Crippen LogP contribution in [0.2, 0.25) is 0 Å². The van der Waals surface area contributed by atoms with E-state index in [2.05, 4.69) is 18.0 Å². The van der Waals surface area contributed by atoms with Gasteiger partial charge in [0.05, 0.1) is 12.5 Å².